The Bertz CT molecular complexity index is 515. The molecule has 0 aromatic heterocycles. The van der Waals surface area contributed by atoms with Gasteiger partial charge < -0.3 is 5.73 Å². The smallest absolute Gasteiger partial charge is 0.243 e. The number of nitrogens with two attached hydrogens (primary N) is 1. The molecule has 1 aromatic carbocycles. The molecule has 0 bridgehead atoms. The Hall–Kier alpha value is -1.14. The molecule has 0 aliphatic carbocycles. The summed E-state index contributed by atoms with van der Waals surface area (Å²) in [7, 11) is -3.83. The van der Waals surface area contributed by atoms with Crippen molar-refractivity contribution in [3.63, 3.8) is 0 Å². The van der Waals surface area contributed by atoms with Crippen molar-refractivity contribution >= 4 is 15.7 Å². The molecule has 0 heterocycles. The molecule has 3 N–H and O–H groups in total. The first-order chi connectivity index (χ1) is 8.22. The van der Waals surface area contributed by atoms with E-state index in [9.17, 15) is 12.8 Å². The molecule has 0 saturated heterocycles. The largest absolute Gasteiger partial charge is 0.399 e. The SMILES string of the molecule is CC(C)CC(C)NS(=O)(=O)c1ccc(N)cc1F. The summed E-state index contributed by atoms with van der Waals surface area (Å²) in [5.74, 6) is -0.474. The van der Waals surface area contributed by atoms with Gasteiger partial charge in [-0.1, -0.05) is 13.8 Å². The molecule has 4 nitrogen and oxygen atoms in total. The molecular formula is C12H19FN2O2S. The van der Waals surface area contributed by atoms with Crippen LogP contribution < -0.4 is 10.5 Å². The van der Waals surface area contributed by atoms with Crippen molar-refractivity contribution in [2.24, 2.45) is 5.92 Å². The number of rotatable bonds is 5. The molecule has 1 atom stereocenters. The molecule has 0 spiro atoms. The number of nitrogens with one attached hydrogen (secondary N) is 1. The Labute approximate surface area is 107 Å². The number of halogens is 1. The van der Waals surface area contributed by atoms with Crippen LogP contribution in [0.25, 0.3) is 0 Å². The number of sulfonamides is 1. The van der Waals surface area contributed by atoms with Crippen molar-refractivity contribution in [3.05, 3.63) is 24.0 Å². The van der Waals surface area contributed by atoms with Gasteiger partial charge in [0.15, 0.2) is 0 Å². The second kappa shape index (κ2) is 5.67. The fourth-order valence-corrected chi connectivity index (χ4v) is 3.13. The lowest BCUT2D eigenvalue weighted by atomic mass is 10.1. The van der Waals surface area contributed by atoms with Crippen LogP contribution in [-0.2, 0) is 10.0 Å². The number of hydrogen-bond acceptors (Lipinski definition) is 3. The number of hydrogen-bond donors (Lipinski definition) is 2. The molecule has 1 rings (SSSR count). The van der Waals surface area contributed by atoms with Gasteiger partial charge in [0, 0.05) is 11.7 Å². The summed E-state index contributed by atoms with van der Waals surface area (Å²) in [4.78, 5) is -0.368. The minimum absolute atomic E-state index is 0.196. The van der Waals surface area contributed by atoms with Gasteiger partial charge >= 0.3 is 0 Å². The zero-order chi connectivity index (χ0) is 13.9. The van der Waals surface area contributed by atoms with Gasteiger partial charge in [-0.3, -0.25) is 0 Å². The maximum Gasteiger partial charge on any atom is 0.243 e. The third kappa shape index (κ3) is 3.96. The monoisotopic (exact) mass is 274 g/mol. The number of anilines is 1. The quantitative estimate of drug-likeness (QED) is 0.808. The molecule has 1 unspecified atom stereocenters. The van der Waals surface area contributed by atoms with E-state index in [1.807, 2.05) is 13.8 Å². The van der Waals surface area contributed by atoms with Crippen molar-refractivity contribution in [1.29, 1.82) is 0 Å². The predicted molar refractivity (Wildman–Crippen MR) is 70.1 cm³/mol. The molecular weight excluding hydrogens is 255 g/mol. The zero-order valence-corrected chi connectivity index (χ0v) is 11.6. The van der Waals surface area contributed by atoms with Gasteiger partial charge in [-0.05, 0) is 37.5 Å². The van der Waals surface area contributed by atoms with Crippen molar-refractivity contribution in [2.45, 2.75) is 38.1 Å². The summed E-state index contributed by atoms with van der Waals surface area (Å²) in [6.07, 6.45) is 0.690. The topological polar surface area (TPSA) is 72.2 Å². The highest BCUT2D eigenvalue weighted by molar-refractivity contribution is 7.89. The minimum Gasteiger partial charge on any atom is -0.399 e. The van der Waals surface area contributed by atoms with Gasteiger partial charge in [0.05, 0.1) is 0 Å². The number of nitrogen functional groups attached to an aromatic ring is 1. The van der Waals surface area contributed by atoms with Gasteiger partial charge in [-0.15, -0.1) is 0 Å². The number of benzene rings is 1. The van der Waals surface area contributed by atoms with Crippen LogP contribution in [0, 0.1) is 11.7 Å². The van der Waals surface area contributed by atoms with E-state index in [4.69, 9.17) is 5.73 Å². The van der Waals surface area contributed by atoms with Crippen LogP contribution >= 0.6 is 0 Å². The zero-order valence-electron chi connectivity index (χ0n) is 10.8. The van der Waals surface area contributed by atoms with E-state index in [-0.39, 0.29) is 16.6 Å². The summed E-state index contributed by atoms with van der Waals surface area (Å²) < 4.78 is 39.9. The first kappa shape index (κ1) is 14.9. The highest BCUT2D eigenvalue weighted by atomic mass is 32.2. The Kier molecular flexibility index (Phi) is 4.70. The Morgan fingerprint density at radius 1 is 1.33 bits per heavy atom. The average Bonchev–Trinajstić information content (AvgIpc) is 2.13. The molecule has 6 heteroatoms. The van der Waals surface area contributed by atoms with Crippen molar-refractivity contribution in [1.82, 2.24) is 4.72 Å². The molecule has 18 heavy (non-hydrogen) atoms. The summed E-state index contributed by atoms with van der Waals surface area (Å²) >= 11 is 0. The van der Waals surface area contributed by atoms with Crippen LogP contribution in [0.3, 0.4) is 0 Å². The fraction of sp³-hybridized carbons (Fsp3) is 0.500. The maximum atomic E-state index is 13.6. The van der Waals surface area contributed by atoms with Crippen LogP contribution in [0.2, 0.25) is 0 Å². The minimum atomic E-state index is -3.83. The Morgan fingerprint density at radius 3 is 2.44 bits per heavy atom. The van der Waals surface area contributed by atoms with E-state index in [1.165, 1.54) is 12.1 Å². The van der Waals surface area contributed by atoms with Gasteiger partial charge in [0.2, 0.25) is 10.0 Å². The standard InChI is InChI=1S/C12H19FN2O2S/c1-8(2)6-9(3)15-18(16,17)12-5-4-10(14)7-11(12)13/h4-5,7-9,15H,6,14H2,1-3H3. The third-order valence-corrected chi connectivity index (χ3v) is 4.05. The second-order valence-corrected chi connectivity index (χ2v) is 6.52. The summed E-state index contributed by atoms with van der Waals surface area (Å²) in [6, 6.07) is 3.30. The molecule has 0 aliphatic heterocycles. The Balaban J connectivity index is 2.93. The van der Waals surface area contributed by atoms with Crippen LogP contribution in [0.4, 0.5) is 10.1 Å². The summed E-state index contributed by atoms with van der Waals surface area (Å²) in [5.41, 5.74) is 5.58. The van der Waals surface area contributed by atoms with E-state index in [0.29, 0.717) is 12.3 Å². The van der Waals surface area contributed by atoms with Gasteiger partial charge in [0.1, 0.15) is 10.7 Å². The molecule has 0 aliphatic rings. The van der Waals surface area contributed by atoms with E-state index >= 15 is 0 Å². The molecule has 0 amide bonds. The predicted octanol–water partition coefficient (Wildman–Crippen LogP) is 2.12. The molecule has 102 valence electrons. The first-order valence-electron chi connectivity index (χ1n) is 5.79. The van der Waals surface area contributed by atoms with E-state index in [1.54, 1.807) is 6.92 Å². The van der Waals surface area contributed by atoms with Crippen LogP contribution in [0.15, 0.2) is 23.1 Å². The van der Waals surface area contributed by atoms with Crippen LogP contribution in [0.1, 0.15) is 27.2 Å². The summed E-state index contributed by atoms with van der Waals surface area (Å²) in [5, 5.41) is 0. The Morgan fingerprint density at radius 2 is 1.94 bits per heavy atom. The first-order valence-corrected chi connectivity index (χ1v) is 7.28. The average molecular weight is 274 g/mol. The third-order valence-electron chi connectivity index (χ3n) is 2.43. The normalized spacial score (nSPS) is 13.8. The highest BCUT2D eigenvalue weighted by Gasteiger charge is 2.21. The lowest BCUT2D eigenvalue weighted by molar-refractivity contribution is 0.480. The van der Waals surface area contributed by atoms with E-state index in [0.717, 1.165) is 6.07 Å². The summed E-state index contributed by atoms with van der Waals surface area (Å²) in [6.45, 7) is 5.75. The fourth-order valence-electron chi connectivity index (χ4n) is 1.82. The van der Waals surface area contributed by atoms with Crippen LogP contribution in [-0.4, -0.2) is 14.5 Å². The van der Waals surface area contributed by atoms with Gasteiger partial charge in [-0.25, -0.2) is 17.5 Å². The lowest BCUT2D eigenvalue weighted by Crippen LogP contribution is -2.34. The molecule has 0 saturated carbocycles. The van der Waals surface area contributed by atoms with Gasteiger partial charge in [-0.2, -0.15) is 0 Å². The second-order valence-electron chi connectivity index (χ2n) is 4.84. The van der Waals surface area contributed by atoms with Crippen molar-refractivity contribution in [2.75, 3.05) is 5.73 Å². The highest BCUT2D eigenvalue weighted by Crippen LogP contribution is 2.18. The van der Waals surface area contributed by atoms with Gasteiger partial charge in [0.25, 0.3) is 0 Å². The maximum absolute atomic E-state index is 13.6. The van der Waals surface area contributed by atoms with E-state index in [2.05, 4.69) is 4.72 Å². The van der Waals surface area contributed by atoms with Crippen LogP contribution in [0.5, 0.6) is 0 Å². The molecule has 0 fully saturated rings. The lowest BCUT2D eigenvalue weighted by Gasteiger charge is -2.16. The van der Waals surface area contributed by atoms with Crippen molar-refractivity contribution < 1.29 is 12.8 Å². The molecule has 0 radical (unpaired) electrons. The van der Waals surface area contributed by atoms with E-state index < -0.39 is 15.8 Å². The van der Waals surface area contributed by atoms with Crippen molar-refractivity contribution in [3.8, 4) is 0 Å². The molecule has 1 aromatic rings.